The van der Waals surface area contributed by atoms with E-state index in [2.05, 4.69) is 15.3 Å². The van der Waals surface area contributed by atoms with Gasteiger partial charge in [-0.1, -0.05) is 0 Å². The molecule has 0 aliphatic rings. The average molecular weight is 217 g/mol. The first-order valence-electron chi connectivity index (χ1n) is 5.28. The molecule has 0 amide bonds. The predicted octanol–water partition coefficient (Wildman–Crippen LogP) is 1.40. The summed E-state index contributed by atoms with van der Waals surface area (Å²) in [5.41, 5.74) is 3.03. The lowest BCUT2D eigenvalue weighted by Crippen LogP contribution is -2.10. The van der Waals surface area contributed by atoms with E-state index in [1.807, 2.05) is 31.4 Å². The zero-order chi connectivity index (χ0) is 11.4. The number of nitrogens with zero attached hydrogens (tertiary/aromatic N) is 2. The van der Waals surface area contributed by atoms with Crippen molar-refractivity contribution >= 4 is 11.0 Å². The minimum atomic E-state index is 0.631. The van der Waals surface area contributed by atoms with Crippen LogP contribution in [0.3, 0.4) is 0 Å². The predicted molar refractivity (Wildman–Crippen MR) is 63.7 cm³/mol. The molecule has 1 N–H and O–H groups in total. The fourth-order valence-electron chi connectivity index (χ4n) is 1.64. The number of pyridine rings is 2. The summed E-state index contributed by atoms with van der Waals surface area (Å²) in [6.45, 7) is 0.929. The molecule has 0 aliphatic carbocycles. The van der Waals surface area contributed by atoms with E-state index in [1.165, 1.54) is 5.56 Å². The van der Waals surface area contributed by atoms with Crippen LogP contribution in [0.1, 0.15) is 5.56 Å². The Labute approximate surface area is 94.7 Å². The minimum absolute atomic E-state index is 0.631. The van der Waals surface area contributed by atoms with Crippen molar-refractivity contribution in [2.75, 3.05) is 20.7 Å². The van der Waals surface area contributed by atoms with E-state index in [0.717, 1.165) is 24.0 Å². The molecular weight excluding hydrogens is 202 g/mol. The first kappa shape index (κ1) is 10.8. The summed E-state index contributed by atoms with van der Waals surface area (Å²) < 4.78 is 5.13. The number of fused-ring (bicyclic) bond motifs is 1. The molecule has 0 atom stereocenters. The highest BCUT2D eigenvalue weighted by molar-refractivity contribution is 5.78. The van der Waals surface area contributed by atoms with Gasteiger partial charge in [-0.05, 0) is 37.7 Å². The molecule has 0 spiro atoms. The number of hydrogen-bond acceptors (Lipinski definition) is 4. The average Bonchev–Trinajstić information content (AvgIpc) is 2.35. The third-order valence-electron chi connectivity index (χ3n) is 2.50. The second-order valence-electron chi connectivity index (χ2n) is 3.54. The van der Waals surface area contributed by atoms with Crippen molar-refractivity contribution in [1.82, 2.24) is 15.3 Å². The number of rotatable bonds is 4. The van der Waals surface area contributed by atoms with Gasteiger partial charge in [-0.15, -0.1) is 0 Å². The summed E-state index contributed by atoms with van der Waals surface area (Å²) in [6.07, 6.45) is 2.76. The highest BCUT2D eigenvalue weighted by atomic mass is 16.5. The van der Waals surface area contributed by atoms with Gasteiger partial charge in [0.1, 0.15) is 0 Å². The summed E-state index contributed by atoms with van der Waals surface area (Å²) in [5, 5.41) is 3.13. The molecule has 0 radical (unpaired) electrons. The quantitative estimate of drug-likeness (QED) is 0.841. The largest absolute Gasteiger partial charge is 0.481 e. The summed E-state index contributed by atoms with van der Waals surface area (Å²) >= 11 is 0. The molecule has 4 heteroatoms. The topological polar surface area (TPSA) is 47.0 Å². The van der Waals surface area contributed by atoms with E-state index in [4.69, 9.17) is 4.74 Å². The van der Waals surface area contributed by atoms with Crippen LogP contribution in [-0.2, 0) is 6.42 Å². The Morgan fingerprint density at radius 1 is 1.31 bits per heavy atom. The van der Waals surface area contributed by atoms with Crippen molar-refractivity contribution < 1.29 is 4.74 Å². The summed E-state index contributed by atoms with van der Waals surface area (Å²) in [5.74, 6) is 0.631. The Kier molecular flexibility index (Phi) is 3.31. The van der Waals surface area contributed by atoms with E-state index < -0.39 is 0 Å². The lowest BCUT2D eigenvalue weighted by Gasteiger charge is -2.06. The fourth-order valence-corrected chi connectivity index (χ4v) is 1.64. The van der Waals surface area contributed by atoms with Crippen LogP contribution >= 0.6 is 0 Å². The zero-order valence-electron chi connectivity index (χ0n) is 9.53. The molecule has 0 aromatic carbocycles. The Hall–Kier alpha value is -1.68. The zero-order valence-corrected chi connectivity index (χ0v) is 9.53. The standard InChI is InChI=1S/C12H15N3O/c1-13-7-5-9-6-8-14-10-3-4-11(16-2)15-12(9)10/h3-4,6,8,13H,5,7H2,1-2H3. The maximum absolute atomic E-state index is 5.13. The van der Waals surface area contributed by atoms with E-state index in [0.29, 0.717) is 5.88 Å². The van der Waals surface area contributed by atoms with Crippen LogP contribution in [0.2, 0.25) is 0 Å². The van der Waals surface area contributed by atoms with Crippen LogP contribution in [0.4, 0.5) is 0 Å². The number of hydrogen-bond donors (Lipinski definition) is 1. The molecule has 84 valence electrons. The van der Waals surface area contributed by atoms with Crippen molar-refractivity contribution in [2.24, 2.45) is 0 Å². The molecule has 0 fully saturated rings. The van der Waals surface area contributed by atoms with Gasteiger partial charge in [0.05, 0.1) is 18.1 Å². The van der Waals surface area contributed by atoms with Gasteiger partial charge in [-0.25, -0.2) is 4.98 Å². The summed E-state index contributed by atoms with van der Waals surface area (Å²) in [6, 6.07) is 5.77. The van der Waals surface area contributed by atoms with Crippen molar-refractivity contribution in [2.45, 2.75) is 6.42 Å². The van der Waals surface area contributed by atoms with Crippen LogP contribution in [0.25, 0.3) is 11.0 Å². The lowest BCUT2D eigenvalue weighted by molar-refractivity contribution is 0.399. The monoisotopic (exact) mass is 217 g/mol. The van der Waals surface area contributed by atoms with Gasteiger partial charge in [0.25, 0.3) is 0 Å². The van der Waals surface area contributed by atoms with Gasteiger partial charge in [0, 0.05) is 12.3 Å². The van der Waals surface area contributed by atoms with Crippen molar-refractivity contribution in [3.63, 3.8) is 0 Å². The second-order valence-corrected chi connectivity index (χ2v) is 3.54. The number of likely N-dealkylation sites (N-methyl/N-ethyl adjacent to an activating group) is 1. The van der Waals surface area contributed by atoms with Gasteiger partial charge in [0.15, 0.2) is 0 Å². The minimum Gasteiger partial charge on any atom is -0.481 e. The van der Waals surface area contributed by atoms with Crippen LogP contribution in [0.15, 0.2) is 24.4 Å². The fraction of sp³-hybridized carbons (Fsp3) is 0.333. The molecule has 0 aliphatic heterocycles. The van der Waals surface area contributed by atoms with E-state index in [9.17, 15) is 0 Å². The molecule has 4 nitrogen and oxygen atoms in total. The molecule has 0 saturated carbocycles. The van der Waals surface area contributed by atoms with Crippen LogP contribution in [0, 0.1) is 0 Å². The molecule has 2 heterocycles. The second kappa shape index (κ2) is 4.90. The maximum Gasteiger partial charge on any atom is 0.213 e. The molecule has 2 rings (SSSR count). The lowest BCUT2D eigenvalue weighted by atomic mass is 10.1. The number of nitrogens with one attached hydrogen (secondary N) is 1. The Morgan fingerprint density at radius 2 is 2.19 bits per heavy atom. The van der Waals surface area contributed by atoms with E-state index >= 15 is 0 Å². The van der Waals surface area contributed by atoms with Gasteiger partial charge in [-0.2, -0.15) is 0 Å². The van der Waals surface area contributed by atoms with Crippen molar-refractivity contribution in [3.8, 4) is 5.88 Å². The van der Waals surface area contributed by atoms with Gasteiger partial charge < -0.3 is 10.1 Å². The number of methoxy groups -OCH3 is 1. The molecule has 2 aromatic rings. The highest BCUT2D eigenvalue weighted by Gasteiger charge is 2.04. The molecular formula is C12H15N3O. The third kappa shape index (κ3) is 2.12. The summed E-state index contributed by atoms with van der Waals surface area (Å²) in [7, 11) is 3.56. The normalized spacial score (nSPS) is 10.6. The summed E-state index contributed by atoms with van der Waals surface area (Å²) in [4.78, 5) is 8.72. The van der Waals surface area contributed by atoms with Crippen LogP contribution in [-0.4, -0.2) is 30.7 Å². The Bertz CT molecular complexity index is 485. The first-order valence-corrected chi connectivity index (χ1v) is 5.28. The number of ether oxygens (including phenoxy) is 1. The smallest absolute Gasteiger partial charge is 0.213 e. The molecule has 0 unspecified atom stereocenters. The number of aromatic nitrogens is 2. The molecule has 2 aromatic heterocycles. The first-order chi connectivity index (χ1) is 7.85. The Morgan fingerprint density at radius 3 is 2.94 bits per heavy atom. The van der Waals surface area contributed by atoms with Crippen molar-refractivity contribution in [1.29, 1.82) is 0 Å². The Balaban J connectivity index is 2.46. The SMILES string of the molecule is CNCCc1ccnc2ccc(OC)nc12. The highest BCUT2D eigenvalue weighted by Crippen LogP contribution is 2.18. The molecule has 0 bridgehead atoms. The van der Waals surface area contributed by atoms with Crippen LogP contribution in [0.5, 0.6) is 5.88 Å². The van der Waals surface area contributed by atoms with Crippen LogP contribution < -0.4 is 10.1 Å². The van der Waals surface area contributed by atoms with E-state index in [-0.39, 0.29) is 0 Å². The molecule has 0 saturated heterocycles. The maximum atomic E-state index is 5.13. The van der Waals surface area contributed by atoms with Gasteiger partial charge in [-0.3, -0.25) is 4.98 Å². The van der Waals surface area contributed by atoms with Crippen molar-refractivity contribution in [3.05, 3.63) is 30.0 Å². The molecule has 16 heavy (non-hydrogen) atoms. The van der Waals surface area contributed by atoms with Gasteiger partial charge in [0.2, 0.25) is 5.88 Å². The van der Waals surface area contributed by atoms with Gasteiger partial charge >= 0.3 is 0 Å². The van der Waals surface area contributed by atoms with E-state index in [1.54, 1.807) is 7.11 Å². The third-order valence-corrected chi connectivity index (χ3v) is 2.50.